The van der Waals surface area contributed by atoms with Gasteiger partial charge in [0.2, 0.25) is 0 Å². The van der Waals surface area contributed by atoms with Crippen molar-refractivity contribution in [3.63, 3.8) is 0 Å². The molecule has 15 heavy (non-hydrogen) atoms. The molecule has 1 N–H and O–H groups in total. The topological polar surface area (TPSA) is 49.6 Å². The standard InChI is InChI=1S/C11H9N3S/c12-10-4-2-1-3-9(14-10)5-6-11-13-7-8-15-11/h1-8,12H/p+1. The van der Waals surface area contributed by atoms with Gasteiger partial charge < -0.3 is 0 Å². The monoisotopic (exact) mass is 216 g/mol. The Kier molecular flexibility index (Phi) is 2.99. The first-order valence-electron chi connectivity index (χ1n) is 4.44. The lowest BCUT2D eigenvalue weighted by Gasteiger charge is -1.84. The van der Waals surface area contributed by atoms with Crippen LogP contribution in [0.2, 0.25) is 0 Å². The largest absolute Gasteiger partial charge is 1.00 e. The van der Waals surface area contributed by atoms with Crippen LogP contribution in [0.1, 0.15) is 12.1 Å². The summed E-state index contributed by atoms with van der Waals surface area (Å²) < 4.78 is 0. The van der Waals surface area contributed by atoms with Gasteiger partial charge in [-0.05, 0) is 24.3 Å². The average Bonchev–Trinajstić information content (AvgIpc) is 2.65. The molecule has 0 saturated heterocycles. The van der Waals surface area contributed by atoms with Crippen LogP contribution < -0.4 is 5.49 Å². The van der Waals surface area contributed by atoms with Gasteiger partial charge in [-0.1, -0.05) is 12.1 Å². The van der Waals surface area contributed by atoms with E-state index in [0.29, 0.717) is 0 Å². The molecule has 3 nitrogen and oxygen atoms in total. The number of aromatic nitrogens is 2. The number of nitrogens with zero attached hydrogens (tertiary/aromatic N) is 2. The van der Waals surface area contributed by atoms with E-state index in [0.717, 1.165) is 10.7 Å². The molecule has 0 bridgehead atoms. The fourth-order valence-electron chi connectivity index (χ4n) is 1.08. The molecule has 0 fully saturated rings. The molecule has 4 heteroatoms. The fraction of sp³-hybridized carbons (Fsp3) is 0. The molecule has 0 aliphatic heterocycles. The van der Waals surface area contributed by atoms with E-state index in [9.17, 15) is 0 Å². The van der Waals surface area contributed by atoms with Crippen molar-refractivity contribution >= 4 is 23.5 Å². The minimum absolute atomic E-state index is 0. The SMILES string of the molecule is N=c1ccccc(C=Cc2nccs2)n1.[H+]. The molecule has 0 aliphatic rings. The van der Waals surface area contributed by atoms with E-state index < -0.39 is 0 Å². The van der Waals surface area contributed by atoms with E-state index in [2.05, 4.69) is 9.97 Å². The van der Waals surface area contributed by atoms with Crippen molar-refractivity contribution < 1.29 is 1.43 Å². The van der Waals surface area contributed by atoms with E-state index in [-0.39, 0.29) is 6.91 Å². The summed E-state index contributed by atoms with van der Waals surface area (Å²) in [5, 5.41) is 10.3. The van der Waals surface area contributed by atoms with Crippen molar-refractivity contribution in [3.05, 3.63) is 52.0 Å². The van der Waals surface area contributed by atoms with Gasteiger partial charge in [0, 0.05) is 11.6 Å². The second-order valence-corrected chi connectivity index (χ2v) is 3.77. The van der Waals surface area contributed by atoms with Gasteiger partial charge in [-0.2, -0.15) is 0 Å². The van der Waals surface area contributed by atoms with Crippen LogP contribution in [-0.4, -0.2) is 9.97 Å². The molecule has 2 aromatic rings. The first kappa shape index (κ1) is 9.73. The molecule has 0 aliphatic carbocycles. The van der Waals surface area contributed by atoms with Gasteiger partial charge in [0.25, 0.3) is 0 Å². The first-order chi connectivity index (χ1) is 7.34. The van der Waals surface area contributed by atoms with Crippen LogP contribution in [0, 0.1) is 5.41 Å². The van der Waals surface area contributed by atoms with E-state index in [4.69, 9.17) is 5.41 Å². The Bertz CT molecular complexity index is 523. The summed E-state index contributed by atoms with van der Waals surface area (Å²) in [7, 11) is 0. The summed E-state index contributed by atoms with van der Waals surface area (Å²) in [6.45, 7) is 0. The molecule has 0 unspecified atom stereocenters. The molecule has 0 atom stereocenters. The van der Waals surface area contributed by atoms with Crippen molar-refractivity contribution in [1.82, 2.24) is 9.97 Å². The summed E-state index contributed by atoms with van der Waals surface area (Å²) in [6.07, 6.45) is 5.52. The fourth-order valence-corrected chi connectivity index (χ4v) is 1.61. The predicted molar refractivity (Wildman–Crippen MR) is 62.2 cm³/mol. The second-order valence-electron chi connectivity index (χ2n) is 2.84. The summed E-state index contributed by atoms with van der Waals surface area (Å²) in [4.78, 5) is 8.22. The minimum atomic E-state index is 0. The highest BCUT2D eigenvalue weighted by Crippen LogP contribution is 2.07. The van der Waals surface area contributed by atoms with E-state index in [1.54, 1.807) is 29.7 Å². The molecule has 0 amide bonds. The molecule has 0 radical (unpaired) electrons. The number of hydrogen-bond acceptors (Lipinski definition) is 4. The molecule has 74 valence electrons. The van der Waals surface area contributed by atoms with Gasteiger partial charge in [-0.25, -0.2) is 9.97 Å². The van der Waals surface area contributed by atoms with Gasteiger partial charge in [-0.15, -0.1) is 11.3 Å². The Labute approximate surface area is 92.8 Å². The average molecular weight is 216 g/mol. The van der Waals surface area contributed by atoms with Crippen LogP contribution in [0.15, 0.2) is 35.8 Å². The Hall–Kier alpha value is -1.81. The highest BCUT2D eigenvalue weighted by molar-refractivity contribution is 7.10. The number of thiazole rings is 1. The molecular formula is C11H10N3S+. The van der Waals surface area contributed by atoms with Crippen LogP contribution >= 0.6 is 11.3 Å². The lowest BCUT2D eigenvalue weighted by Crippen LogP contribution is -1.99. The Balaban J connectivity index is 0.00000128. The number of hydrogen-bond donors (Lipinski definition) is 1. The third-order valence-electron chi connectivity index (χ3n) is 1.73. The normalized spacial score (nSPS) is 10.7. The summed E-state index contributed by atoms with van der Waals surface area (Å²) in [6, 6.07) is 7.19. The zero-order chi connectivity index (χ0) is 10.5. The second kappa shape index (κ2) is 4.61. The van der Waals surface area contributed by atoms with Crippen molar-refractivity contribution in [2.75, 3.05) is 0 Å². The van der Waals surface area contributed by atoms with Gasteiger partial charge >= 0.3 is 1.43 Å². The van der Waals surface area contributed by atoms with Crippen molar-refractivity contribution in [2.24, 2.45) is 0 Å². The molecular weight excluding hydrogens is 206 g/mol. The third-order valence-corrected chi connectivity index (χ3v) is 2.47. The predicted octanol–water partition coefficient (Wildman–Crippen LogP) is 2.30. The van der Waals surface area contributed by atoms with Crippen molar-refractivity contribution in [3.8, 4) is 0 Å². The number of rotatable bonds is 2. The molecule has 0 aromatic carbocycles. The zero-order valence-corrected chi connectivity index (χ0v) is 8.74. The molecule has 0 saturated carbocycles. The van der Waals surface area contributed by atoms with E-state index >= 15 is 0 Å². The summed E-state index contributed by atoms with van der Waals surface area (Å²) >= 11 is 1.57. The van der Waals surface area contributed by atoms with Gasteiger partial charge in [0.1, 0.15) is 10.5 Å². The van der Waals surface area contributed by atoms with E-state index in [1.165, 1.54) is 0 Å². The first-order valence-corrected chi connectivity index (χ1v) is 5.32. The van der Waals surface area contributed by atoms with Crippen LogP contribution in [-0.2, 0) is 0 Å². The summed E-state index contributed by atoms with van der Waals surface area (Å²) in [5.74, 6) is 0. The maximum absolute atomic E-state index is 7.45. The van der Waals surface area contributed by atoms with Crippen LogP contribution in [0.25, 0.3) is 12.2 Å². The molecule has 2 heterocycles. The highest BCUT2D eigenvalue weighted by Gasteiger charge is 1.89. The molecule has 2 aromatic heterocycles. The number of nitrogens with one attached hydrogen (secondary N) is 1. The van der Waals surface area contributed by atoms with Gasteiger partial charge in [0.15, 0.2) is 0 Å². The molecule has 2 rings (SSSR count). The van der Waals surface area contributed by atoms with Crippen LogP contribution in [0.3, 0.4) is 0 Å². The van der Waals surface area contributed by atoms with Gasteiger partial charge in [-0.3, -0.25) is 5.41 Å². The molecule has 0 spiro atoms. The van der Waals surface area contributed by atoms with E-state index in [1.807, 2.05) is 29.7 Å². The van der Waals surface area contributed by atoms with Gasteiger partial charge in [0.05, 0.1) is 5.69 Å². The Morgan fingerprint density at radius 1 is 1.27 bits per heavy atom. The van der Waals surface area contributed by atoms with Crippen molar-refractivity contribution in [1.29, 1.82) is 5.41 Å². The Morgan fingerprint density at radius 2 is 2.13 bits per heavy atom. The maximum atomic E-state index is 7.45. The third kappa shape index (κ3) is 2.82. The highest BCUT2D eigenvalue weighted by atomic mass is 32.1. The maximum Gasteiger partial charge on any atom is 1.00 e. The Morgan fingerprint density at radius 3 is 2.93 bits per heavy atom. The lowest BCUT2D eigenvalue weighted by atomic mass is 10.3. The van der Waals surface area contributed by atoms with Crippen LogP contribution in [0.5, 0.6) is 0 Å². The minimum Gasteiger partial charge on any atom is -0.283 e. The van der Waals surface area contributed by atoms with Crippen LogP contribution in [0.4, 0.5) is 0 Å². The zero-order valence-electron chi connectivity index (χ0n) is 8.92. The lowest BCUT2D eigenvalue weighted by molar-refractivity contribution is 1.11. The quantitative estimate of drug-likeness (QED) is 0.837. The summed E-state index contributed by atoms with van der Waals surface area (Å²) in [5.41, 5.74) is 1.03. The smallest absolute Gasteiger partial charge is 0.283 e. The van der Waals surface area contributed by atoms with Crippen molar-refractivity contribution in [2.45, 2.75) is 0 Å².